The van der Waals surface area contributed by atoms with Crippen LogP contribution in [0.25, 0.3) is 0 Å². The maximum atomic E-state index is 11.8. The van der Waals surface area contributed by atoms with Gasteiger partial charge in [-0.2, -0.15) is 0 Å². The van der Waals surface area contributed by atoms with Crippen LogP contribution in [0.2, 0.25) is 0 Å². The first kappa shape index (κ1) is 14.8. The Hall–Kier alpha value is -1.21. The SMILES string of the molecule is CC(C)CCCCNS(=O)(=O)c1cnc(N)nc1. The number of rotatable bonds is 7. The molecule has 0 aliphatic rings. The van der Waals surface area contributed by atoms with E-state index in [1.54, 1.807) is 0 Å². The molecule has 0 saturated heterocycles. The van der Waals surface area contributed by atoms with E-state index in [4.69, 9.17) is 5.73 Å². The zero-order valence-corrected chi connectivity index (χ0v) is 11.6. The topological polar surface area (TPSA) is 98.0 Å². The van der Waals surface area contributed by atoms with Crippen LogP contribution in [0.1, 0.15) is 33.1 Å². The summed E-state index contributed by atoms with van der Waals surface area (Å²) in [4.78, 5) is 7.36. The molecule has 0 spiro atoms. The minimum Gasteiger partial charge on any atom is -0.368 e. The van der Waals surface area contributed by atoms with Crippen LogP contribution in [0.15, 0.2) is 17.3 Å². The smallest absolute Gasteiger partial charge is 0.243 e. The van der Waals surface area contributed by atoms with Gasteiger partial charge >= 0.3 is 0 Å². The molecular formula is C11H20N4O2S. The minimum atomic E-state index is -3.51. The molecule has 0 radical (unpaired) electrons. The number of aromatic nitrogens is 2. The van der Waals surface area contributed by atoms with Gasteiger partial charge < -0.3 is 5.73 Å². The summed E-state index contributed by atoms with van der Waals surface area (Å²) in [5.74, 6) is 0.706. The highest BCUT2D eigenvalue weighted by Crippen LogP contribution is 2.08. The van der Waals surface area contributed by atoms with Crippen LogP contribution in [-0.2, 0) is 10.0 Å². The molecule has 1 heterocycles. The third-order valence-corrected chi connectivity index (χ3v) is 3.87. The van der Waals surface area contributed by atoms with Crippen molar-refractivity contribution in [3.63, 3.8) is 0 Å². The van der Waals surface area contributed by atoms with Gasteiger partial charge in [0, 0.05) is 6.54 Å². The number of nitrogens with zero attached hydrogens (tertiary/aromatic N) is 2. The van der Waals surface area contributed by atoms with Crippen molar-refractivity contribution < 1.29 is 8.42 Å². The first-order chi connectivity index (χ1) is 8.42. The minimum absolute atomic E-state index is 0.0422. The zero-order chi connectivity index (χ0) is 13.6. The molecule has 0 unspecified atom stereocenters. The Morgan fingerprint density at radius 2 is 1.89 bits per heavy atom. The average Bonchev–Trinajstić information content (AvgIpc) is 2.28. The second-order valence-corrected chi connectivity index (χ2v) is 6.33. The number of anilines is 1. The van der Waals surface area contributed by atoms with Gasteiger partial charge in [0.25, 0.3) is 0 Å². The summed E-state index contributed by atoms with van der Waals surface area (Å²) in [6, 6.07) is 0. The standard InChI is InChI=1S/C11H20N4O2S/c1-9(2)5-3-4-6-15-18(16,17)10-7-13-11(12)14-8-10/h7-9,15H,3-6H2,1-2H3,(H2,12,13,14). The number of nitrogen functional groups attached to an aromatic ring is 1. The van der Waals surface area contributed by atoms with Crippen LogP contribution in [0, 0.1) is 5.92 Å². The first-order valence-corrected chi connectivity index (χ1v) is 7.47. The maximum absolute atomic E-state index is 11.8. The Balaban J connectivity index is 2.43. The van der Waals surface area contributed by atoms with Crippen molar-refractivity contribution in [3.8, 4) is 0 Å². The fourth-order valence-corrected chi connectivity index (χ4v) is 2.40. The summed E-state index contributed by atoms with van der Waals surface area (Å²) in [6.45, 7) is 4.73. The highest BCUT2D eigenvalue weighted by atomic mass is 32.2. The molecular weight excluding hydrogens is 252 g/mol. The van der Waals surface area contributed by atoms with Gasteiger partial charge in [0.15, 0.2) is 0 Å². The molecule has 0 aliphatic carbocycles. The Bertz CT molecular complexity index is 456. The van der Waals surface area contributed by atoms with Crippen molar-refractivity contribution in [2.24, 2.45) is 5.92 Å². The maximum Gasteiger partial charge on any atom is 0.243 e. The largest absolute Gasteiger partial charge is 0.368 e. The summed E-state index contributed by atoms with van der Waals surface area (Å²) >= 11 is 0. The van der Waals surface area contributed by atoms with Gasteiger partial charge in [-0.05, 0) is 12.3 Å². The van der Waals surface area contributed by atoms with Crippen LogP contribution in [-0.4, -0.2) is 24.9 Å². The monoisotopic (exact) mass is 272 g/mol. The normalized spacial score (nSPS) is 11.9. The van der Waals surface area contributed by atoms with E-state index in [1.807, 2.05) is 0 Å². The lowest BCUT2D eigenvalue weighted by molar-refractivity contribution is 0.530. The van der Waals surface area contributed by atoms with Crippen LogP contribution in [0.4, 0.5) is 5.95 Å². The number of nitrogens with two attached hydrogens (primary N) is 1. The average molecular weight is 272 g/mol. The lowest BCUT2D eigenvalue weighted by atomic mass is 10.1. The van der Waals surface area contributed by atoms with Crippen LogP contribution < -0.4 is 10.5 Å². The molecule has 0 atom stereocenters. The van der Waals surface area contributed by atoms with Gasteiger partial charge in [0.2, 0.25) is 16.0 Å². The van der Waals surface area contributed by atoms with Gasteiger partial charge in [-0.3, -0.25) is 0 Å². The quantitative estimate of drug-likeness (QED) is 0.726. The van der Waals surface area contributed by atoms with Gasteiger partial charge in [-0.25, -0.2) is 23.1 Å². The van der Waals surface area contributed by atoms with E-state index < -0.39 is 10.0 Å². The molecule has 0 aromatic carbocycles. The van der Waals surface area contributed by atoms with Crippen molar-refractivity contribution in [2.45, 2.75) is 38.0 Å². The van der Waals surface area contributed by atoms with Gasteiger partial charge in [-0.15, -0.1) is 0 Å². The molecule has 1 aromatic rings. The summed E-state index contributed by atoms with van der Waals surface area (Å²) in [5, 5.41) is 0. The molecule has 1 rings (SSSR count). The Morgan fingerprint density at radius 3 is 2.44 bits per heavy atom. The van der Waals surface area contributed by atoms with Crippen LogP contribution in [0.3, 0.4) is 0 Å². The van der Waals surface area contributed by atoms with Gasteiger partial charge in [0.1, 0.15) is 4.90 Å². The summed E-state index contributed by atoms with van der Waals surface area (Å²) in [6.07, 6.45) is 5.36. The lowest BCUT2D eigenvalue weighted by Gasteiger charge is -2.07. The molecule has 0 saturated carbocycles. The van der Waals surface area contributed by atoms with Crippen molar-refractivity contribution in [3.05, 3.63) is 12.4 Å². The Labute approximate surface area is 108 Å². The second kappa shape index (κ2) is 6.65. The van der Waals surface area contributed by atoms with Gasteiger partial charge in [-0.1, -0.05) is 26.7 Å². The summed E-state index contributed by atoms with van der Waals surface area (Å²) in [5.41, 5.74) is 5.30. The number of hydrogen-bond acceptors (Lipinski definition) is 5. The van der Waals surface area contributed by atoms with E-state index in [-0.39, 0.29) is 10.8 Å². The van der Waals surface area contributed by atoms with Crippen LogP contribution >= 0.6 is 0 Å². The van der Waals surface area contributed by atoms with E-state index in [9.17, 15) is 8.42 Å². The molecule has 7 heteroatoms. The molecule has 6 nitrogen and oxygen atoms in total. The first-order valence-electron chi connectivity index (χ1n) is 5.99. The lowest BCUT2D eigenvalue weighted by Crippen LogP contribution is -2.25. The molecule has 0 aliphatic heterocycles. The van der Waals surface area contributed by atoms with Crippen LogP contribution in [0.5, 0.6) is 0 Å². The van der Waals surface area contributed by atoms with E-state index in [0.29, 0.717) is 12.5 Å². The highest BCUT2D eigenvalue weighted by molar-refractivity contribution is 7.89. The second-order valence-electron chi connectivity index (χ2n) is 4.56. The van der Waals surface area contributed by atoms with E-state index in [2.05, 4.69) is 28.5 Å². The van der Waals surface area contributed by atoms with E-state index >= 15 is 0 Å². The number of sulfonamides is 1. The Morgan fingerprint density at radius 1 is 1.28 bits per heavy atom. The van der Waals surface area contributed by atoms with Gasteiger partial charge in [0.05, 0.1) is 12.4 Å². The highest BCUT2D eigenvalue weighted by Gasteiger charge is 2.13. The zero-order valence-electron chi connectivity index (χ0n) is 10.8. The Kier molecular flexibility index (Phi) is 5.49. The summed E-state index contributed by atoms with van der Waals surface area (Å²) < 4.78 is 26.1. The third kappa shape index (κ3) is 4.97. The number of unbranched alkanes of at least 4 members (excludes halogenated alkanes) is 1. The van der Waals surface area contributed by atoms with Crippen molar-refractivity contribution in [2.75, 3.05) is 12.3 Å². The number of hydrogen-bond donors (Lipinski definition) is 2. The van der Waals surface area contributed by atoms with Crippen molar-refractivity contribution in [1.29, 1.82) is 0 Å². The number of nitrogens with one attached hydrogen (secondary N) is 1. The predicted molar refractivity (Wildman–Crippen MR) is 70.3 cm³/mol. The molecule has 0 fully saturated rings. The van der Waals surface area contributed by atoms with E-state index in [0.717, 1.165) is 19.3 Å². The fraction of sp³-hybridized carbons (Fsp3) is 0.636. The molecule has 102 valence electrons. The summed E-state index contributed by atoms with van der Waals surface area (Å²) in [7, 11) is -3.51. The van der Waals surface area contributed by atoms with Crippen molar-refractivity contribution in [1.82, 2.24) is 14.7 Å². The molecule has 0 amide bonds. The van der Waals surface area contributed by atoms with E-state index in [1.165, 1.54) is 12.4 Å². The fourth-order valence-electron chi connectivity index (χ4n) is 1.43. The molecule has 1 aromatic heterocycles. The predicted octanol–water partition coefficient (Wildman–Crippen LogP) is 1.16. The molecule has 18 heavy (non-hydrogen) atoms. The van der Waals surface area contributed by atoms with Crippen molar-refractivity contribution >= 4 is 16.0 Å². The third-order valence-electron chi connectivity index (χ3n) is 2.46. The molecule has 3 N–H and O–H groups in total. The molecule has 0 bridgehead atoms.